The lowest BCUT2D eigenvalue weighted by Crippen LogP contribution is -2.30. The Hall–Kier alpha value is -4.97. The van der Waals surface area contributed by atoms with Gasteiger partial charge in [0.2, 0.25) is 0 Å². The molecule has 0 amide bonds. The van der Waals surface area contributed by atoms with Crippen molar-refractivity contribution in [3.05, 3.63) is 158 Å². The lowest BCUT2D eigenvalue weighted by molar-refractivity contribution is -0.166. The van der Waals surface area contributed by atoms with E-state index in [0.29, 0.717) is 12.8 Å². The molecule has 0 radical (unpaired) electrons. The number of rotatable bonds is 44. The van der Waals surface area contributed by atoms with E-state index < -0.39 is 6.10 Å². The smallest absolute Gasteiger partial charge is 0.306 e. The Labute approximate surface area is 409 Å². The van der Waals surface area contributed by atoms with Crippen molar-refractivity contribution in [3.63, 3.8) is 0 Å². The Morgan fingerprint density at radius 1 is 0.328 bits per heavy atom. The van der Waals surface area contributed by atoms with E-state index in [9.17, 15) is 14.4 Å². The van der Waals surface area contributed by atoms with Gasteiger partial charge in [0.05, 0.1) is 0 Å². The molecule has 0 aliphatic rings. The summed E-state index contributed by atoms with van der Waals surface area (Å²) in [5, 5.41) is 0. The number of hydrogen-bond donors (Lipinski definition) is 0. The molecule has 6 nitrogen and oxygen atoms in total. The fraction of sp³-hybridized carbons (Fsp3) is 0.525. The van der Waals surface area contributed by atoms with Gasteiger partial charge in [0.1, 0.15) is 13.2 Å². The van der Waals surface area contributed by atoms with Gasteiger partial charge in [-0.25, -0.2) is 0 Å². The van der Waals surface area contributed by atoms with E-state index in [0.717, 1.165) is 135 Å². The second-order valence-electron chi connectivity index (χ2n) is 16.4. The first-order valence-corrected chi connectivity index (χ1v) is 26.1. The zero-order chi connectivity index (χ0) is 48.6. The van der Waals surface area contributed by atoms with E-state index in [4.69, 9.17) is 14.2 Å². The van der Waals surface area contributed by atoms with Crippen LogP contribution in [-0.4, -0.2) is 37.2 Å². The summed E-state index contributed by atoms with van der Waals surface area (Å²) in [4.78, 5) is 38.0. The highest BCUT2D eigenvalue weighted by atomic mass is 16.6. The maximum absolute atomic E-state index is 12.8. The van der Waals surface area contributed by atoms with E-state index in [-0.39, 0.29) is 44.0 Å². The van der Waals surface area contributed by atoms with Crippen molar-refractivity contribution in [1.82, 2.24) is 0 Å². The van der Waals surface area contributed by atoms with Crippen molar-refractivity contribution >= 4 is 17.9 Å². The molecule has 0 spiro atoms. The van der Waals surface area contributed by atoms with Crippen LogP contribution >= 0.6 is 0 Å². The molecule has 0 saturated carbocycles. The number of hydrogen-bond acceptors (Lipinski definition) is 6. The van der Waals surface area contributed by atoms with Crippen LogP contribution in [-0.2, 0) is 28.6 Å². The van der Waals surface area contributed by atoms with Gasteiger partial charge in [-0.1, -0.05) is 224 Å². The molecule has 0 saturated heterocycles. The van der Waals surface area contributed by atoms with Crippen LogP contribution in [0, 0.1) is 0 Å². The summed E-state index contributed by atoms with van der Waals surface area (Å²) in [5.41, 5.74) is 0. The molecule has 0 aliphatic carbocycles. The van der Waals surface area contributed by atoms with Crippen molar-refractivity contribution in [1.29, 1.82) is 0 Å². The minimum atomic E-state index is -0.836. The third-order valence-electron chi connectivity index (χ3n) is 10.1. The molecule has 0 aromatic heterocycles. The van der Waals surface area contributed by atoms with Crippen molar-refractivity contribution in [2.24, 2.45) is 0 Å². The summed E-state index contributed by atoms with van der Waals surface area (Å²) in [6, 6.07) is 0. The zero-order valence-electron chi connectivity index (χ0n) is 42.3. The van der Waals surface area contributed by atoms with Crippen LogP contribution in [0.4, 0.5) is 0 Å². The topological polar surface area (TPSA) is 78.9 Å². The van der Waals surface area contributed by atoms with Crippen LogP contribution in [0.15, 0.2) is 158 Å². The normalized spacial score (nSPS) is 13.4. The second-order valence-corrected chi connectivity index (χ2v) is 16.4. The Morgan fingerprint density at radius 3 is 1.13 bits per heavy atom. The van der Waals surface area contributed by atoms with Gasteiger partial charge in [0.25, 0.3) is 0 Å². The summed E-state index contributed by atoms with van der Waals surface area (Å²) >= 11 is 0. The van der Waals surface area contributed by atoms with Gasteiger partial charge in [-0.15, -0.1) is 0 Å². The predicted octanol–water partition coefficient (Wildman–Crippen LogP) is 17.4. The highest BCUT2D eigenvalue weighted by molar-refractivity contribution is 5.71. The lowest BCUT2D eigenvalue weighted by Gasteiger charge is -2.18. The second kappa shape index (κ2) is 53.6. The Bertz CT molecular complexity index is 1570. The van der Waals surface area contributed by atoms with Crippen LogP contribution in [0.1, 0.15) is 188 Å². The zero-order valence-corrected chi connectivity index (χ0v) is 42.3. The van der Waals surface area contributed by atoms with E-state index in [1.165, 1.54) is 6.42 Å². The number of allylic oxidation sites excluding steroid dienone is 26. The highest BCUT2D eigenvalue weighted by Gasteiger charge is 2.19. The molecule has 372 valence electrons. The summed E-state index contributed by atoms with van der Waals surface area (Å²) in [7, 11) is 0. The van der Waals surface area contributed by atoms with Crippen molar-refractivity contribution in [3.8, 4) is 0 Å². The maximum atomic E-state index is 12.8. The first-order valence-electron chi connectivity index (χ1n) is 26.1. The van der Waals surface area contributed by atoms with Gasteiger partial charge in [0.15, 0.2) is 6.10 Å². The van der Waals surface area contributed by atoms with E-state index in [2.05, 4.69) is 130 Å². The fourth-order valence-electron chi connectivity index (χ4n) is 6.30. The molecule has 0 rings (SSSR count). The van der Waals surface area contributed by atoms with Crippen LogP contribution in [0.25, 0.3) is 0 Å². The molecule has 1 unspecified atom stereocenters. The molecule has 67 heavy (non-hydrogen) atoms. The summed E-state index contributed by atoms with van der Waals surface area (Å²) in [5.74, 6) is -1.07. The monoisotopic (exact) mass is 921 g/mol. The standard InChI is InChI=1S/C61H92O6/c1-4-7-10-13-16-19-22-25-27-29-31-33-34-36-39-42-45-48-51-54-60(63)66-57-58(56-65-59(62)53-50-47-44-41-38-24-21-18-15-12-9-6-3)67-61(64)55-52-49-46-43-40-37-35-32-30-28-26-23-20-17-14-11-8-5-2/h7,9-12,14,16-21,23,25-28,30-33,35-36,39,45,48,58H,4-6,8,13,15,22,24,29,34,37-38,40-44,46-47,49-57H2,1-3H3/b10-7-,12-9-,14-11-,19-16-,20-17-,21-18-,26-23-,27-25-,30-28-,33-31-,35-32-,39-36-,48-45-. The summed E-state index contributed by atoms with van der Waals surface area (Å²) < 4.78 is 16.7. The third kappa shape index (κ3) is 51.9. The largest absolute Gasteiger partial charge is 0.462 e. The number of unbranched alkanes of at least 4 members (excludes halogenated alkanes) is 11. The molecule has 0 bridgehead atoms. The van der Waals surface area contributed by atoms with Gasteiger partial charge in [-0.2, -0.15) is 0 Å². The number of carbonyl (C=O) groups is 3. The van der Waals surface area contributed by atoms with Crippen LogP contribution < -0.4 is 0 Å². The molecule has 0 heterocycles. The minimum Gasteiger partial charge on any atom is -0.462 e. The first-order chi connectivity index (χ1) is 33.0. The molecular formula is C61H92O6. The van der Waals surface area contributed by atoms with Gasteiger partial charge in [-0.05, 0) is 103 Å². The quantitative estimate of drug-likeness (QED) is 0.0199. The fourth-order valence-corrected chi connectivity index (χ4v) is 6.30. The van der Waals surface area contributed by atoms with E-state index in [1.54, 1.807) is 0 Å². The molecular weight excluding hydrogens is 829 g/mol. The van der Waals surface area contributed by atoms with Crippen LogP contribution in [0.2, 0.25) is 0 Å². The van der Waals surface area contributed by atoms with Crippen LogP contribution in [0.5, 0.6) is 0 Å². The van der Waals surface area contributed by atoms with E-state index >= 15 is 0 Å². The molecule has 1 atom stereocenters. The highest BCUT2D eigenvalue weighted by Crippen LogP contribution is 2.12. The average molecular weight is 921 g/mol. The average Bonchev–Trinajstić information content (AvgIpc) is 3.33. The molecule has 0 N–H and O–H groups in total. The van der Waals surface area contributed by atoms with Gasteiger partial charge < -0.3 is 14.2 Å². The van der Waals surface area contributed by atoms with Crippen molar-refractivity contribution < 1.29 is 28.6 Å². The van der Waals surface area contributed by atoms with E-state index in [1.807, 2.05) is 48.6 Å². The van der Waals surface area contributed by atoms with Gasteiger partial charge in [-0.3, -0.25) is 14.4 Å². The predicted molar refractivity (Wildman–Crippen MR) is 288 cm³/mol. The van der Waals surface area contributed by atoms with Crippen molar-refractivity contribution in [2.45, 2.75) is 194 Å². The summed E-state index contributed by atoms with van der Waals surface area (Å²) in [6.07, 6.45) is 78.0. The molecule has 0 fully saturated rings. The first kappa shape index (κ1) is 62.0. The Morgan fingerprint density at radius 2 is 0.672 bits per heavy atom. The maximum Gasteiger partial charge on any atom is 0.306 e. The summed E-state index contributed by atoms with van der Waals surface area (Å²) in [6.45, 7) is 6.19. The SMILES string of the molecule is CC/C=C\C/C=C\C/C=C\C/C=C\C/C=C\C/C=C\CCC(=O)OCC(COC(=O)CCCCCCC/C=C\C/C=C\CC)OC(=O)CCCCCCC\C=C/C=C\C=C/C=C\C=C/CCC. The molecule has 0 aromatic carbocycles. The van der Waals surface area contributed by atoms with Gasteiger partial charge in [0, 0.05) is 19.3 Å². The Balaban J connectivity index is 4.61. The van der Waals surface area contributed by atoms with Crippen molar-refractivity contribution in [2.75, 3.05) is 13.2 Å². The third-order valence-corrected chi connectivity index (χ3v) is 10.1. The number of esters is 3. The lowest BCUT2D eigenvalue weighted by atomic mass is 10.1. The number of ether oxygens (including phenoxy) is 3. The molecule has 6 heteroatoms. The molecule has 0 aromatic rings. The van der Waals surface area contributed by atoms with Crippen LogP contribution in [0.3, 0.4) is 0 Å². The number of carbonyl (C=O) groups excluding carboxylic acids is 3. The minimum absolute atomic E-state index is 0.127. The molecule has 0 aliphatic heterocycles. The Kier molecular flexibility index (Phi) is 49.7. The van der Waals surface area contributed by atoms with Gasteiger partial charge >= 0.3 is 17.9 Å².